The van der Waals surface area contributed by atoms with Gasteiger partial charge in [0.15, 0.2) is 0 Å². The Morgan fingerprint density at radius 3 is 2.76 bits per heavy atom. The first-order valence-electron chi connectivity index (χ1n) is 5.79. The molecule has 1 atom stereocenters. The first-order valence-corrected chi connectivity index (χ1v) is 7.18. The summed E-state index contributed by atoms with van der Waals surface area (Å²) in [5.41, 5.74) is 1.62. The van der Waals surface area contributed by atoms with Crippen molar-refractivity contribution in [3.63, 3.8) is 0 Å². The molecule has 17 heavy (non-hydrogen) atoms. The summed E-state index contributed by atoms with van der Waals surface area (Å²) in [7, 11) is 0. The molecule has 0 spiro atoms. The Kier molecular flexibility index (Phi) is 6.37. The van der Waals surface area contributed by atoms with E-state index < -0.39 is 0 Å². The van der Waals surface area contributed by atoms with Gasteiger partial charge in [0.2, 0.25) is 0 Å². The van der Waals surface area contributed by atoms with Crippen LogP contribution in [-0.2, 0) is 0 Å². The maximum absolute atomic E-state index is 13.2. The number of benzene rings is 1. The van der Waals surface area contributed by atoms with Crippen LogP contribution < -0.4 is 5.32 Å². The lowest BCUT2D eigenvalue weighted by Gasteiger charge is -2.17. The van der Waals surface area contributed by atoms with E-state index in [4.69, 9.17) is 0 Å². The van der Waals surface area contributed by atoms with Crippen LogP contribution in [0.15, 0.2) is 18.2 Å². The molecule has 0 fully saturated rings. The molecule has 2 nitrogen and oxygen atoms in total. The van der Waals surface area contributed by atoms with E-state index in [-0.39, 0.29) is 18.5 Å². The highest BCUT2D eigenvalue weighted by molar-refractivity contribution is 7.98. The summed E-state index contributed by atoms with van der Waals surface area (Å²) in [4.78, 5) is 0. The largest absolute Gasteiger partial charge is 0.394 e. The van der Waals surface area contributed by atoms with Crippen molar-refractivity contribution < 1.29 is 9.50 Å². The number of anilines is 1. The Morgan fingerprint density at radius 1 is 1.41 bits per heavy atom. The van der Waals surface area contributed by atoms with Gasteiger partial charge in [-0.25, -0.2) is 4.39 Å². The minimum absolute atomic E-state index is 0.00310. The second-order valence-electron chi connectivity index (χ2n) is 4.18. The number of hydrogen-bond donors (Lipinski definition) is 2. The van der Waals surface area contributed by atoms with Crippen LogP contribution in [0.3, 0.4) is 0 Å². The molecule has 1 unspecified atom stereocenters. The van der Waals surface area contributed by atoms with Crippen LogP contribution in [0, 0.1) is 12.7 Å². The van der Waals surface area contributed by atoms with Gasteiger partial charge in [-0.1, -0.05) is 0 Å². The number of rotatable bonds is 7. The van der Waals surface area contributed by atoms with Crippen LogP contribution in [0.1, 0.15) is 18.4 Å². The molecule has 0 aromatic heterocycles. The van der Waals surface area contributed by atoms with Crippen molar-refractivity contribution in [2.24, 2.45) is 0 Å². The molecular formula is C13H20FNOS. The predicted octanol–water partition coefficient (Wildman–Crippen LogP) is 3.05. The van der Waals surface area contributed by atoms with Crippen molar-refractivity contribution >= 4 is 17.4 Å². The standard InChI is InChI=1S/C13H20FNOS/c1-10-6-11(14)8-13(7-10)15-12(9-16)4-3-5-17-2/h6-8,12,15-16H,3-5,9H2,1-2H3. The highest BCUT2D eigenvalue weighted by atomic mass is 32.2. The van der Waals surface area contributed by atoms with E-state index in [0.29, 0.717) is 0 Å². The molecule has 0 saturated carbocycles. The molecule has 0 aliphatic carbocycles. The number of hydrogen-bond acceptors (Lipinski definition) is 3. The third-order valence-corrected chi connectivity index (χ3v) is 3.23. The van der Waals surface area contributed by atoms with Crippen molar-refractivity contribution in [2.45, 2.75) is 25.8 Å². The summed E-state index contributed by atoms with van der Waals surface area (Å²) in [6.45, 7) is 1.93. The smallest absolute Gasteiger partial charge is 0.125 e. The van der Waals surface area contributed by atoms with E-state index in [2.05, 4.69) is 11.6 Å². The van der Waals surface area contributed by atoms with Gasteiger partial charge >= 0.3 is 0 Å². The molecule has 0 bridgehead atoms. The third kappa shape index (κ3) is 5.41. The van der Waals surface area contributed by atoms with Crippen LogP contribution in [0.4, 0.5) is 10.1 Å². The van der Waals surface area contributed by atoms with Gasteiger partial charge in [-0.05, 0) is 55.5 Å². The number of nitrogens with one attached hydrogen (secondary N) is 1. The van der Waals surface area contributed by atoms with Gasteiger partial charge in [0.05, 0.1) is 6.61 Å². The van der Waals surface area contributed by atoms with Gasteiger partial charge in [0.25, 0.3) is 0 Å². The highest BCUT2D eigenvalue weighted by Gasteiger charge is 2.07. The van der Waals surface area contributed by atoms with E-state index in [1.54, 1.807) is 11.8 Å². The lowest BCUT2D eigenvalue weighted by Crippen LogP contribution is -2.24. The van der Waals surface area contributed by atoms with Crippen LogP contribution in [-0.4, -0.2) is 29.8 Å². The molecular weight excluding hydrogens is 237 g/mol. The molecule has 0 aliphatic heterocycles. The molecule has 0 saturated heterocycles. The first kappa shape index (κ1) is 14.3. The van der Waals surface area contributed by atoms with Gasteiger partial charge in [-0.2, -0.15) is 11.8 Å². The average Bonchev–Trinajstić information content (AvgIpc) is 2.26. The van der Waals surface area contributed by atoms with Crippen LogP contribution >= 0.6 is 11.8 Å². The summed E-state index contributed by atoms with van der Waals surface area (Å²) in [5.74, 6) is 0.841. The molecule has 0 amide bonds. The molecule has 0 radical (unpaired) electrons. The predicted molar refractivity (Wildman–Crippen MR) is 73.2 cm³/mol. The number of aryl methyl sites for hydroxylation is 1. The minimum atomic E-state index is -0.242. The summed E-state index contributed by atoms with van der Waals surface area (Å²) in [5, 5.41) is 12.4. The van der Waals surface area contributed by atoms with Crippen molar-refractivity contribution in [1.29, 1.82) is 0 Å². The first-order chi connectivity index (χ1) is 8.15. The van der Waals surface area contributed by atoms with Crippen LogP contribution in [0.5, 0.6) is 0 Å². The maximum Gasteiger partial charge on any atom is 0.125 e. The average molecular weight is 257 g/mol. The van der Waals surface area contributed by atoms with Crippen molar-refractivity contribution in [1.82, 2.24) is 0 Å². The van der Waals surface area contributed by atoms with Crippen LogP contribution in [0.2, 0.25) is 0 Å². The number of aliphatic hydroxyl groups is 1. The Morgan fingerprint density at radius 2 is 2.18 bits per heavy atom. The molecule has 4 heteroatoms. The van der Waals surface area contributed by atoms with Crippen molar-refractivity contribution in [3.05, 3.63) is 29.6 Å². The molecule has 1 aromatic carbocycles. The van der Waals surface area contributed by atoms with Gasteiger partial charge < -0.3 is 10.4 Å². The van der Waals surface area contributed by atoms with Crippen molar-refractivity contribution in [3.8, 4) is 0 Å². The fraction of sp³-hybridized carbons (Fsp3) is 0.538. The minimum Gasteiger partial charge on any atom is -0.394 e. The molecule has 1 rings (SSSR count). The Hall–Kier alpha value is -0.740. The van der Waals surface area contributed by atoms with Gasteiger partial charge in [-0.3, -0.25) is 0 Å². The number of thioether (sulfide) groups is 1. The Balaban J connectivity index is 2.54. The normalized spacial score (nSPS) is 12.5. The molecule has 0 heterocycles. The van der Waals surface area contributed by atoms with Gasteiger partial charge in [0, 0.05) is 11.7 Å². The Labute approximate surface area is 107 Å². The summed E-state index contributed by atoms with van der Waals surface area (Å²) in [6.07, 6.45) is 4.01. The lowest BCUT2D eigenvalue weighted by atomic mass is 10.1. The topological polar surface area (TPSA) is 32.3 Å². The number of halogens is 1. The van der Waals surface area contributed by atoms with Gasteiger partial charge in [0.1, 0.15) is 5.82 Å². The lowest BCUT2D eigenvalue weighted by molar-refractivity contribution is 0.268. The molecule has 2 N–H and O–H groups in total. The van der Waals surface area contributed by atoms with E-state index >= 15 is 0 Å². The zero-order valence-corrected chi connectivity index (χ0v) is 11.2. The Bertz CT molecular complexity index is 326. The molecule has 1 aromatic rings. The zero-order valence-electron chi connectivity index (χ0n) is 10.4. The fourth-order valence-corrected chi connectivity index (χ4v) is 2.19. The second kappa shape index (κ2) is 7.56. The quantitative estimate of drug-likeness (QED) is 0.736. The van der Waals surface area contributed by atoms with Crippen LogP contribution in [0.25, 0.3) is 0 Å². The third-order valence-electron chi connectivity index (χ3n) is 2.53. The van der Waals surface area contributed by atoms with Gasteiger partial charge in [-0.15, -0.1) is 0 Å². The van der Waals surface area contributed by atoms with E-state index in [9.17, 15) is 9.50 Å². The summed E-state index contributed by atoms with van der Waals surface area (Å²) >= 11 is 1.80. The molecule has 0 aliphatic rings. The maximum atomic E-state index is 13.2. The number of aliphatic hydroxyl groups excluding tert-OH is 1. The fourth-order valence-electron chi connectivity index (χ4n) is 1.74. The summed E-state index contributed by atoms with van der Waals surface area (Å²) < 4.78 is 13.2. The monoisotopic (exact) mass is 257 g/mol. The second-order valence-corrected chi connectivity index (χ2v) is 5.16. The van der Waals surface area contributed by atoms with Crippen molar-refractivity contribution in [2.75, 3.05) is 23.9 Å². The SMILES string of the molecule is CSCCCC(CO)Nc1cc(C)cc(F)c1. The van der Waals surface area contributed by atoms with E-state index in [0.717, 1.165) is 29.8 Å². The molecule has 96 valence electrons. The van der Waals surface area contributed by atoms with E-state index in [1.165, 1.54) is 12.1 Å². The summed E-state index contributed by atoms with van der Waals surface area (Å²) in [6, 6.07) is 4.85. The zero-order chi connectivity index (χ0) is 12.7. The highest BCUT2D eigenvalue weighted by Crippen LogP contribution is 2.16. The van der Waals surface area contributed by atoms with E-state index in [1.807, 2.05) is 13.0 Å².